The van der Waals surface area contributed by atoms with Crippen LogP contribution < -0.4 is 5.32 Å². The molecule has 0 spiro atoms. The maximum absolute atomic E-state index is 10.8. The number of nitro groups is 1. The predicted octanol–water partition coefficient (Wildman–Crippen LogP) is 2.87. The highest BCUT2D eigenvalue weighted by atomic mass is 16.6. The summed E-state index contributed by atoms with van der Waals surface area (Å²) in [5.74, 6) is 0.803. The summed E-state index contributed by atoms with van der Waals surface area (Å²) < 4.78 is 5.82. The van der Waals surface area contributed by atoms with Crippen molar-refractivity contribution in [1.82, 2.24) is 4.98 Å². The normalized spacial score (nSPS) is 27.1. The Labute approximate surface area is 121 Å². The molecule has 2 aliphatic heterocycles. The molecule has 4 rings (SSSR count). The molecule has 21 heavy (non-hydrogen) atoms. The van der Waals surface area contributed by atoms with Crippen LogP contribution in [0.4, 0.5) is 11.5 Å². The zero-order valence-corrected chi connectivity index (χ0v) is 11.4. The SMILES string of the molecule is O=[N+]([O-])c1ccc2nc(NC3CC4CCC3O4)ccc2c1. The Bertz CT molecular complexity index is 718. The van der Waals surface area contributed by atoms with Crippen LogP contribution in [0, 0.1) is 10.1 Å². The fourth-order valence-electron chi connectivity index (χ4n) is 3.29. The summed E-state index contributed by atoms with van der Waals surface area (Å²) in [6.45, 7) is 0. The van der Waals surface area contributed by atoms with Gasteiger partial charge in [0.25, 0.3) is 5.69 Å². The first-order valence-electron chi connectivity index (χ1n) is 7.16. The lowest BCUT2D eigenvalue weighted by Crippen LogP contribution is -2.30. The van der Waals surface area contributed by atoms with Crippen molar-refractivity contribution >= 4 is 22.4 Å². The first kappa shape index (κ1) is 12.5. The van der Waals surface area contributed by atoms with E-state index in [1.54, 1.807) is 12.1 Å². The van der Waals surface area contributed by atoms with E-state index in [9.17, 15) is 10.1 Å². The van der Waals surface area contributed by atoms with Crippen LogP contribution in [0.3, 0.4) is 0 Å². The molecule has 1 aromatic heterocycles. The number of benzene rings is 1. The molecule has 0 amide bonds. The van der Waals surface area contributed by atoms with Gasteiger partial charge in [-0.15, -0.1) is 0 Å². The summed E-state index contributed by atoms with van der Waals surface area (Å²) in [5, 5.41) is 15.0. The second-order valence-corrected chi connectivity index (χ2v) is 5.69. The summed E-state index contributed by atoms with van der Waals surface area (Å²) in [5.41, 5.74) is 0.848. The molecule has 108 valence electrons. The molecule has 0 radical (unpaired) electrons. The van der Waals surface area contributed by atoms with Gasteiger partial charge in [0, 0.05) is 17.5 Å². The summed E-state index contributed by atoms with van der Waals surface area (Å²) >= 11 is 0. The van der Waals surface area contributed by atoms with Crippen LogP contribution in [0.5, 0.6) is 0 Å². The van der Waals surface area contributed by atoms with Crippen molar-refractivity contribution in [2.45, 2.75) is 37.5 Å². The van der Waals surface area contributed by atoms with Gasteiger partial charge in [-0.05, 0) is 37.5 Å². The highest BCUT2D eigenvalue weighted by molar-refractivity contribution is 5.82. The van der Waals surface area contributed by atoms with Gasteiger partial charge in [0.05, 0.1) is 28.7 Å². The van der Waals surface area contributed by atoms with Gasteiger partial charge in [-0.3, -0.25) is 10.1 Å². The highest BCUT2D eigenvalue weighted by Crippen LogP contribution is 2.35. The third kappa shape index (κ3) is 2.21. The van der Waals surface area contributed by atoms with Crippen molar-refractivity contribution in [3.63, 3.8) is 0 Å². The predicted molar refractivity (Wildman–Crippen MR) is 78.3 cm³/mol. The molecule has 2 aliphatic rings. The molecular formula is C15H15N3O3. The van der Waals surface area contributed by atoms with E-state index < -0.39 is 4.92 Å². The summed E-state index contributed by atoms with van der Waals surface area (Å²) in [6.07, 6.45) is 4.00. The topological polar surface area (TPSA) is 77.3 Å². The number of anilines is 1. The second kappa shape index (κ2) is 4.66. The Morgan fingerprint density at radius 3 is 2.90 bits per heavy atom. The lowest BCUT2D eigenvalue weighted by Gasteiger charge is -2.20. The van der Waals surface area contributed by atoms with Crippen molar-refractivity contribution in [3.05, 3.63) is 40.4 Å². The zero-order valence-electron chi connectivity index (χ0n) is 11.4. The van der Waals surface area contributed by atoms with Crippen LogP contribution >= 0.6 is 0 Å². The van der Waals surface area contributed by atoms with Crippen molar-refractivity contribution in [2.75, 3.05) is 5.32 Å². The van der Waals surface area contributed by atoms with E-state index >= 15 is 0 Å². The average Bonchev–Trinajstić information content (AvgIpc) is 3.09. The molecule has 1 aromatic carbocycles. The lowest BCUT2D eigenvalue weighted by atomic mass is 9.95. The number of non-ortho nitro benzene ring substituents is 1. The number of hydrogen-bond acceptors (Lipinski definition) is 5. The van der Waals surface area contributed by atoms with Crippen LogP contribution in [0.15, 0.2) is 30.3 Å². The van der Waals surface area contributed by atoms with Gasteiger partial charge in [0.1, 0.15) is 5.82 Å². The minimum absolute atomic E-state index is 0.0894. The molecule has 3 atom stereocenters. The van der Waals surface area contributed by atoms with E-state index in [-0.39, 0.29) is 5.69 Å². The van der Waals surface area contributed by atoms with Gasteiger partial charge in [0.15, 0.2) is 0 Å². The molecule has 0 aliphatic carbocycles. The third-order valence-electron chi connectivity index (χ3n) is 4.32. The molecule has 2 bridgehead atoms. The van der Waals surface area contributed by atoms with Crippen molar-refractivity contribution < 1.29 is 9.66 Å². The number of nitrogens with one attached hydrogen (secondary N) is 1. The van der Waals surface area contributed by atoms with Crippen molar-refractivity contribution in [2.24, 2.45) is 0 Å². The third-order valence-corrected chi connectivity index (χ3v) is 4.32. The maximum atomic E-state index is 10.8. The Morgan fingerprint density at radius 1 is 1.29 bits per heavy atom. The summed E-state index contributed by atoms with van der Waals surface area (Å²) in [7, 11) is 0. The van der Waals surface area contributed by atoms with E-state index in [0.29, 0.717) is 18.2 Å². The monoisotopic (exact) mass is 285 g/mol. The Morgan fingerprint density at radius 2 is 2.19 bits per heavy atom. The standard InChI is InChI=1S/C15H15N3O3/c19-18(20)10-2-4-12-9(7-10)1-6-15(16-12)17-13-8-11-3-5-14(13)21-11/h1-2,4,6-7,11,13-14H,3,5,8H2,(H,16,17). The number of pyridine rings is 1. The van der Waals surface area contributed by atoms with Crippen LogP contribution in [-0.4, -0.2) is 28.2 Å². The van der Waals surface area contributed by atoms with E-state index in [1.807, 2.05) is 12.1 Å². The number of rotatable bonds is 3. The van der Waals surface area contributed by atoms with Gasteiger partial charge in [-0.2, -0.15) is 0 Å². The number of nitrogens with zero attached hydrogens (tertiary/aromatic N) is 2. The smallest absolute Gasteiger partial charge is 0.270 e. The quantitative estimate of drug-likeness (QED) is 0.693. The van der Waals surface area contributed by atoms with Gasteiger partial charge < -0.3 is 10.1 Å². The molecule has 3 heterocycles. The Kier molecular flexibility index (Phi) is 2.78. The van der Waals surface area contributed by atoms with Gasteiger partial charge in [-0.25, -0.2) is 4.98 Å². The molecule has 3 unspecified atom stereocenters. The molecule has 6 nitrogen and oxygen atoms in total. The fourth-order valence-corrected chi connectivity index (χ4v) is 3.29. The van der Waals surface area contributed by atoms with E-state index in [4.69, 9.17) is 4.74 Å². The number of hydrogen-bond donors (Lipinski definition) is 1. The van der Waals surface area contributed by atoms with Crippen molar-refractivity contribution in [1.29, 1.82) is 0 Å². The molecule has 6 heteroatoms. The van der Waals surface area contributed by atoms with Crippen molar-refractivity contribution in [3.8, 4) is 0 Å². The fraction of sp³-hybridized carbons (Fsp3) is 0.400. The maximum Gasteiger partial charge on any atom is 0.270 e. The molecule has 2 aromatic rings. The lowest BCUT2D eigenvalue weighted by molar-refractivity contribution is -0.384. The Hall–Kier alpha value is -2.21. The molecular weight excluding hydrogens is 270 g/mol. The van der Waals surface area contributed by atoms with Gasteiger partial charge >= 0.3 is 0 Å². The van der Waals surface area contributed by atoms with E-state index in [0.717, 1.165) is 36.0 Å². The van der Waals surface area contributed by atoms with Crippen LogP contribution in [0.2, 0.25) is 0 Å². The minimum atomic E-state index is -0.391. The summed E-state index contributed by atoms with van der Waals surface area (Å²) in [4.78, 5) is 14.9. The van der Waals surface area contributed by atoms with Crippen LogP contribution in [0.1, 0.15) is 19.3 Å². The first-order valence-corrected chi connectivity index (χ1v) is 7.16. The second-order valence-electron chi connectivity index (χ2n) is 5.69. The number of aromatic nitrogens is 1. The van der Waals surface area contributed by atoms with Crippen LogP contribution in [-0.2, 0) is 4.74 Å². The summed E-state index contributed by atoms with van der Waals surface area (Å²) in [6, 6.07) is 8.79. The average molecular weight is 285 g/mol. The minimum Gasteiger partial charge on any atom is -0.373 e. The number of nitro benzene ring substituents is 1. The number of ether oxygens (including phenoxy) is 1. The largest absolute Gasteiger partial charge is 0.373 e. The van der Waals surface area contributed by atoms with Gasteiger partial charge in [0.2, 0.25) is 0 Å². The van der Waals surface area contributed by atoms with E-state index in [2.05, 4.69) is 10.3 Å². The first-order chi connectivity index (χ1) is 10.2. The number of fused-ring (bicyclic) bond motifs is 3. The molecule has 0 saturated carbocycles. The molecule has 1 N–H and O–H groups in total. The Balaban J connectivity index is 1.59. The van der Waals surface area contributed by atoms with Crippen LogP contribution in [0.25, 0.3) is 10.9 Å². The molecule has 2 fully saturated rings. The molecule has 2 saturated heterocycles. The zero-order chi connectivity index (χ0) is 14.4. The highest BCUT2D eigenvalue weighted by Gasteiger charge is 2.40. The van der Waals surface area contributed by atoms with E-state index in [1.165, 1.54) is 6.07 Å². The van der Waals surface area contributed by atoms with Gasteiger partial charge in [-0.1, -0.05) is 0 Å².